The van der Waals surface area contributed by atoms with Crippen LogP contribution in [0.25, 0.3) is 0 Å². The summed E-state index contributed by atoms with van der Waals surface area (Å²) in [5.41, 5.74) is 0.901. The fraction of sp³-hybridized carbons (Fsp3) is 0.708. The van der Waals surface area contributed by atoms with E-state index in [2.05, 4.69) is 12.2 Å². The van der Waals surface area contributed by atoms with Crippen molar-refractivity contribution in [3.8, 4) is 0 Å². The van der Waals surface area contributed by atoms with Crippen molar-refractivity contribution in [1.82, 2.24) is 0 Å². The summed E-state index contributed by atoms with van der Waals surface area (Å²) < 4.78 is 0. The number of hydrogen-bond donors (Lipinski definition) is 1. The van der Waals surface area contributed by atoms with Gasteiger partial charge in [0.25, 0.3) is 0 Å². The minimum Gasteiger partial charge on any atom is -0.326 e. The molecule has 0 bridgehead atoms. The Bertz CT molecular complexity index is 435. The Morgan fingerprint density at radius 3 is 1.52 bits per heavy atom. The lowest BCUT2D eigenvalue weighted by Gasteiger charge is -2.05. The summed E-state index contributed by atoms with van der Waals surface area (Å²) >= 11 is 0. The van der Waals surface area contributed by atoms with Crippen LogP contribution >= 0.6 is 12.4 Å². The van der Waals surface area contributed by atoms with E-state index in [-0.39, 0.29) is 18.3 Å². The molecule has 156 valence electrons. The minimum atomic E-state index is 0. The van der Waals surface area contributed by atoms with E-state index in [4.69, 9.17) is 0 Å². The van der Waals surface area contributed by atoms with Crippen molar-refractivity contribution in [2.45, 2.75) is 110 Å². The van der Waals surface area contributed by atoms with Crippen LogP contribution in [0.4, 0.5) is 5.69 Å². The monoisotopic (exact) mass is 395 g/mol. The lowest BCUT2D eigenvalue weighted by molar-refractivity contribution is -0.116. The van der Waals surface area contributed by atoms with Gasteiger partial charge in [-0.3, -0.25) is 4.79 Å². The quantitative estimate of drug-likeness (QED) is 0.264. The first-order valence-corrected chi connectivity index (χ1v) is 11.2. The Morgan fingerprint density at radius 1 is 0.667 bits per heavy atom. The Hall–Kier alpha value is -1.02. The molecule has 1 N–H and O–H groups in total. The number of anilines is 1. The third-order valence-electron chi connectivity index (χ3n) is 5.06. The van der Waals surface area contributed by atoms with Crippen molar-refractivity contribution in [1.29, 1.82) is 0 Å². The Morgan fingerprint density at radius 2 is 1.07 bits per heavy atom. The molecule has 1 rings (SSSR count). The number of carbonyl (C=O) groups excluding carboxylic acids is 1. The second-order valence-corrected chi connectivity index (χ2v) is 7.61. The SMILES string of the molecule is CCCCCCCCCCCCCCCCCC(=O)Nc1ccccc1.Cl. The first-order valence-electron chi connectivity index (χ1n) is 11.2. The molecule has 0 fully saturated rings. The van der Waals surface area contributed by atoms with E-state index in [9.17, 15) is 4.79 Å². The molecule has 0 atom stereocenters. The molecule has 0 aliphatic rings. The van der Waals surface area contributed by atoms with Crippen LogP contribution in [0.2, 0.25) is 0 Å². The number of amides is 1. The molecule has 0 aromatic heterocycles. The first kappa shape index (κ1) is 26.0. The van der Waals surface area contributed by atoms with E-state index < -0.39 is 0 Å². The maximum atomic E-state index is 11.8. The van der Waals surface area contributed by atoms with Crippen molar-refractivity contribution in [3.05, 3.63) is 30.3 Å². The topological polar surface area (TPSA) is 29.1 Å². The number of hydrogen-bond acceptors (Lipinski definition) is 1. The molecule has 0 saturated carbocycles. The molecule has 0 heterocycles. The highest BCUT2D eigenvalue weighted by Gasteiger charge is 2.01. The molecule has 3 heteroatoms. The third-order valence-corrected chi connectivity index (χ3v) is 5.06. The average Bonchev–Trinajstić information content (AvgIpc) is 2.65. The van der Waals surface area contributed by atoms with Gasteiger partial charge in [-0.05, 0) is 18.6 Å². The molecule has 0 radical (unpaired) electrons. The van der Waals surface area contributed by atoms with Gasteiger partial charge in [0.15, 0.2) is 0 Å². The third kappa shape index (κ3) is 16.8. The summed E-state index contributed by atoms with van der Waals surface area (Å²) in [4.78, 5) is 11.8. The Balaban J connectivity index is 0.00000676. The number of carbonyl (C=O) groups is 1. The molecule has 0 spiro atoms. The highest BCUT2D eigenvalue weighted by molar-refractivity contribution is 5.90. The molecule has 27 heavy (non-hydrogen) atoms. The van der Waals surface area contributed by atoms with Gasteiger partial charge in [0.1, 0.15) is 0 Å². The number of benzene rings is 1. The van der Waals surface area contributed by atoms with E-state index in [1.54, 1.807) is 0 Å². The molecule has 0 aliphatic heterocycles. The minimum absolute atomic E-state index is 0. The standard InChI is InChI=1S/C24H41NO.ClH/c1-2-3-4-5-6-7-8-9-10-11-12-13-14-15-19-22-24(26)25-23-20-17-16-18-21-23;/h16-18,20-21H,2-15,19,22H2,1H3,(H,25,26);1H. The Kier molecular flexibility index (Phi) is 19.0. The second-order valence-electron chi connectivity index (χ2n) is 7.61. The zero-order chi connectivity index (χ0) is 18.7. The lowest BCUT2D eigenvalue weighted by atomic mass is 10.0. The summed E-state index contributed by atoms with van der Waals surface area (Å²) in [5.74, 6) is 0.144. The second kappa shape index (κ2) is 19.7. The van der Waals surface area contributed by atoms with Gasteiger partial charge in [-0.25, -0.2) is 0 Å². The van der Waals surface area contributed by atoms with Crippen molar-refractivity contribution in [2.24, 2.45) is 0 Å². The van der Waals surface area contributed by atoms with Crippen LogP contribution in [0, 0.1) is 0 Å². The van der Waals surface area contributed by atoms with E-state index in [1.165, 1.54) is 89.9 Å². The maximum Gasteiger partial charge on any atom is 0.224 e. The van der Waals surface area contributed by atoms with E-state index in [0.29, 0.717) is 6.42 Å². The predicted molar refractivity (Wildman–Crippen MR) is 122 cm³/mol. The van der Waals surface area contributed by atoms with Gasteiger partial charge in [0, 0.05) is 12.1 Å². The molecule has 1 amide bonds. The highest BCUT2D eigenvalue weighted by atomic mass is 35.5. The van der Waals surface area contributed by atoms with Crippen LogP contribution < -0.4 is 5.32 Å². The lowest BCUT2D eigenvalue weighted by Crippen LogP contribution is -2.10. The van der Waals surface area contributed by atoms with Crippen molar-refractivity contribution in [2.75, 3.05) is 5.32 Å². The number of halogens is 1. The summed E-state index contributed by atoms with van der Waals surface area (Å²) in [6.45, 7) is 2.28. The molecular formula is C24H42ClNO. The van der Waals surface area contributed by atoms with E-state index in [0.717, 1.165) is 12.1 Å². The zero-order valence-corrected chi connectivity index (χ0v) is 18.3. The van der Waals surface area contributed by atoms with Gasteiger partial charge >= 0.3 is 0 Å². The van der Waals surface area contributed by atoms with Crippen LogP contribution in [0.15, 0.2) is 30.3 Å². The molecule has 1 aromatic rings. The molecule has 0 unspecified atom stereocenters. The number of rotatable bonds is 17. The fourth-order valence-electron chi connectivity index (χ4n) is 3.40. The van der Waals surface area contributed by atoms with Gasteiger partial charge in [-0.2, -0.15) is 0 Å². The molecule has 0 saturated heterocycles. The van der Waals surface area contributed by atoms with Crippen molar-refractivity contribution >= 4 is 24.0 Å². The van der Waals surface area contributed by atoms with Crippen LogP contribution in [0.1, 0.15) is 110 Å². The molecule has 1 aromatic carbocycles. The summed E-state index contributed by atoms with van der Waals surface area (Å²) in [5, 5.41) is 2.95. The first-order chi connectivity index (χ1) is 12.8. The highest BCUT2D eigenvalue weighted by Crippen LogP contribution is 2.14. The van der Waals surface area contributed by atoms with Crippen LogP contribution in [0.3, 0.4) is 0 Å². The molecule has 0 aliphatic carbocycles. The molecular weight excluding hydrogens is 354 g/mol. The number of para-hydroxylation sites is 1. The summed E-state index contributed by atoms with van der Waals surface area (Å²) in [7, 11) is 0. The number of nitrogens with one attached hydrogen (secondary N) is 1. The normalized spacial score (nSPS) is 10.4. The maximum absolute atomic E-state index is 11.8. The van der Waals surface area contributed by atoms with Gasteiger partial charge in [0.05, 0.1) is 0 Å². The predicted octanol–water partition coefficient (Wildman–Crippen LogP) is 8.31. The van der Waals surface area contributed by atoms with Crippen LogP contribution in [-0.2, 0) is 4.79 Å². The smallest absolute Gasteiger partial charge is 0.224 e. The van der Waals surface area contributed by atoms with E-state index >= 15 is 0 Å². The fourth-order valence-corrected chi connectivity index (χ4v) is 3.40. The average molecular weight is 396 g/mol. The summed E-state index contributed by atoms with van der Waals surface area (Å²) in [6.07, 6.45) is 21.0. The van der Waals surface area contributed by atoms with Gasteiger partial charge in [0.2, 0.25) is 5.91 Å². The largest absolute Gasteiger partial charge is 0.326 e. The summed E-state index contributed by atoms with van der Waals surface area (Å²) in [6, 6.07) is 9.73. The molecule has 2 nitrogen and oxygen atoms in total. The van der Waals surface area contributed by atoms with Crippen LogP contribution in [-0.4, -0.2) is 5.91 Å². The van der Waals surface area contributed by atoms with Crippen LogP contribution in [0.5, 0.6) is 0 Å². The number of unbranched alkanes of at least 4 members (excludes halogenated alkanes) is 14. The zero-order valence-electron chi connectivity index (χ0n) is 17.5. The van der Waals surface area contributed by atoms with Crippen molar-refractivity contribution < 1.29 is 4.79 Å². The van der Waals surface area contributed by atoms with Gasteiger partial charge in [-0.15, -0.1) is 12.4 Å². The van der Waals surface area contributed by atoms with Gasteiger partial charge < -0.3 is 5.32 Å². The van der Waals surface area contributed by atoms with Gasteiger partial charge in [-0.1, -0.05) is 115 Å². The van der Waals surface area contributed by atoms with E-state index in [1.807, 2.05) is 30.3 Å². The van der Waals surface area contributed by atoms with Crippen molar-refractivity contribution in [3.63, 3.8) is 0 Å². The Labute approximate surface area is 174 Å².